The zero-order valence-corrected chi connectivity index (χ0v) is 8.51. The maximum atomic E-state index is 10.4. The van der Waals surface area contributed by atoms with Crippen LogP contribution in [0.4, 0.5) is 5.69 Å². The molecule has 0 aromatic heterocycles. The number of non-ortho nitro benzene ring substituents is 1. The van der Waals surface area contributed by atoms with Gasteiger partial charge >= 0.3 is 0 Å². The van der Waals surface area contributed by atoms with Crippen LogP contribution in [0.5, 0.6) is 0 Å². The van der Waals surface area contributed by atoms with Crippen molar-refractivity contribution in [3.05, 3.63) is 52.6 Å². The summed E-state index contributed by atoms with van der Waals surface area (Å²) in [6, 6.07) is 5.88. The summed E-state index contributed by atoms with van der Waals surface area (Å²) < 4.78 is 0. The summed E-state index contributed by atoms with van der Waals surface area (Å²) in [5, 5.41) is 20.4. The van der Waals surface area contributed by atoms with E-state index in [0.717, 1.165) is 0 Å². The number of nitro groups is 1. The number of benzene rings is 1. The van der Waals surface area contributed by atoms with Crippen molar-refractivity contribution < 1.29 is 10.0 Å². The Labute approximate surface area is 88.0 Å². The van der Waals surface area contributed by atoms with Crippen molar-refractivity contribution in [1.82, 2.24) is 0 Å². The van der Waals surface area contributed by atoms with Gasteiger partial charge in [-0.05, 0) is 31.0 Å². The van der Waals surface area contributed by atoms with Gasteiger partial charge in [0.25, 0.3) is 5.69 Å². The van der Waals surface area contributed by atoms with Gasteiger partial charge < -0.3 is 5.11 Å². The molecule has 0 aliphatic carbocycles. The zero-order valence-electron chi connectivity index (χ0n) is 8.51. The number of rotatable bonds is 4. The minimum absolute atomic E-state index is 0.0214. The molecule has 1 N–H and O–H groups in total. The molecule has 0 aliphatic heterocycles. The van der Waals surface area contributed by atoms with Crippen molar-refractivity contribution in [2.75, 3.05) is 0 Å². The maximum Gasteiger partial charge on any atom is 0.269 e. The van der Waals surface area contributed by atoms with Crippen LogP contribution in [0.25, 0.3) is 0 Å². The van der Waals surface area contributed by atoms with E-state index in [0.29, 0.717) is 12.0 Å². The van der Waals surface area contributed by atoms with Gasteiger partial charge in [0, 0.05) is 12.1 Å². The number of aliphatic hydroxyl groups is 1. The normalized spacial score (nSPS) is 14.3. The third-order valence-electron chi connectivity index (χ3n) is 2.24. The quantitative estimate of drug-likeness (QED) is 0.468. The predicted molar refractivity (Wildman–Crippen MR) is 57.5 cm³/mol. The first-order valence-electron chi connectivity index (χ1n) is 4.55. The molecule has 1 atom stereocenters. The molecule has 0 fully saturated rings. The van der Waals surface area contributed by atoms with Crippen molar-refractivity contribution in [3.63, 3.8) is 0 Å². The minimum Gasteiger partial charge on any atom is -0.385 e. The Morgan fingerprint density at radius 2 is 2.07 bits per heavy atom. The summed E-state index contributed by atoms with van der Waals surface area (Å²) in [7, 11) is 0. The van der Waals surface area contributed by atoms with E-state index in [-0.39, 0.29) is 5.69 Å². The lowest BCUT2D eigenvalue weighted by atomic mass is 9.92. The highest BCUT2D eigenvalue weighted by Gasteiger charge is 2.21. The fourth-order valence-corrected chi connectivity index (χ4v) is 1.34. The van der Waals surface area contributed by atoms with Crippen LogP contribution in [-0.2, 0) is 5.60 Å². The lowest BCUT2D eigenvalue weighted by molar-refractivity contribution is -0.384. The molecular weight excluding hydrogens is 194 g/mol. The van der Waals surface area contributed by atoms with Gasteiger partial charge in [0.15, 0.2) is 0 Å². The second-order valence-corrected chi connectivity index (χ2v) is 3.57. The van der Waals surface area contributed by atoms with Crippen LogP contribution in [-0.4, -0.2) is 10.0 Å². The summed E-state index contributed by atoms with van der Waals surface area (Å²) in [5.41, 5.74) is -0.349. The molecule has 15 heavy (non-hydrogen) atoms. The Morgan fingerprint density at radius 1 is 1.53 bits per heavy atom. The molecule has 0 aliphatic rings. The summed E-state index contributed by atoms with van der Waals surface area (Å²) in [5.74, 6) is 0. The molecule has 4 nitrogen and oxygen atoms in total. The second kappa shape index (κ2) is 4.23. The second-order valence-electron chi connectivity index (χ2n) is 3.57. The van der Waals surface area contributed by atoms with Crippen LogP contribution in [0, 0.1) is 10.1 Å². The summed E-state index contributed by atoms with van der Waals surface area (Å²) in [6.45, 7) is 5.20. The maximum absolute atomic E-state index is 10.4. The number of hydrogen-bond donors (Lipinski definition) is 1. The van der Waals surface area contributed by atoms with Gasteiger partial charge in [0.1, 0.15) is 0 Å². The molecule has 0 heterocycles. The predicted octanol–water partition coefficient (Wildman–Crippen LogP) is 2.38. The van der Waals surface area contributed by atoms with Crippen molar-refractivity contribution in [1.29, 1.82) is 0 Å². The lowest BCUT2D eigenvalue weighted by Gasteiger charge is -2.21. The van der Waals surface area contributed by atoms with E-state index in [1.54, 1.807) is 25.1 Å². The molecule has 1 rings (SSSR count). The highest BCUT2D eigenvalue weighted by molar-refractivity contribution is 5.35. The molecule has 0 spiro atoms. The van der Waals surface area contributed by atoms with Crippen LogP contribution in [0.15, 0.2) is 36.9 Å². The summed E-state index contributed by atoms with van der Waals surface area (Å²) in [4.78, 5) is 9.95. The molecule has 0 saturated heterocycles. The Bertz CT molecular complexity index is 368. The fraction of sp³-hybridized carbons (Fsp3) is 0.273. The Kier molecular flexibility index (Phi) is 3.21. The van der Waals surface area contributed by atoms with E-state index >= 15 is 0 Å². The highest BCUT2D eigenvalue weighted by atomic mass is 16.6. The first-order valence-corrected chi connectivity index (χ1v) is 4.55. The molecule has 0 bridgehead atoms. The molecule has 80 valence electrons. The van der Waals surface area contributed by atoms with Gasteiger partial charge in [-0.1, -0.05) is 6.08 Å². The smallest absolute Gasteiger partial charge is 0.269 e. The molecule has 0 amide bonds. The van der Waals surface area contributed by atoms with Crippen LogP contribution >= 0.6 is 0 Å². The third kappa shape index (κ3) is 2.63. The first-order chi connectivity index (χ1) is 6.97. The Morgan fingerprint density at radius 3 is 2.47 bits per heavy atom. The molecule has 0 unspecified atom stereocenters. The summed E-state index contributed by atoms with van der Waals surface area (Å²) >= 11 is 0. The highest BCUT2D eigenvalue weighted by Crippen LogP contribution is 2.26. The van der Waals surface area contributed by atoms with Crippen LogP contribution < -0.4 is 0 Å². The van der Waals surface area contributed by atoms with Crippen molar-refractivity contribution >= 4 is 5.69 Å². The number of nitrogens with zero attached hydrogens (tertiary/aromatic N) is 1. The Balaban J connectivity index is 2.97. The van der Waals surface area contributed by atoms with E-state index in [9.17, 15) is 15.2 Å². The monoisotopic (exact) mass is 207 g/mol. The molecular formula is C11H13NO3. The Hall–Kier alpha value is -1.68. The van der Waals surface area contributed by atoms with Gasteiger partial charge in [-0.2, -0.15) is 0 Å². The van der Waals surface area contributed by atoms with Crippen molar-refractivity contribution in [3.8, 4) is 0 Å². The van der Waals surface area contributed by atoms with Gasteiger partial charge in [0.2, 0.25) is 0 Å². The molecule has 0 saturated carbocycles. The van der Waals surface area contributed by atoms with Crippen molar-refractivity contribution in [2.24, 2.45) is 0 Å². The molecule has 0 radical (unpaired) electrons. The largest absolute Gasteiger partial charge is 0.385 e. The third-order valence-corrected chi connectivity index (χ3v) is 2.24. The average molecular weight is 207 g/mol. The number of nitro benzene ring substituents is 1. The van der Waals surface area contributed by atoms with Crippen LogP contribution in [0.2, 0.25) is 0 Å². The van der Waals surface area contributed by atoms with E-state index in [4.69, 9.17) is 0 Å². The SMILES string of the molecule is C=CC[C@](C)(O)c1ccc([N+](=O)[O-])cc1. The standard InChI is InChI=1S/C11H13NO3/c1-3-8-11(2,13)9-4-6-10(7-5-9)12(14)15/h3-7,13H,1,8H2,2H3/t11-/m0/s1. The van der Waals surface area contributed by atoms with Gasteiger partial charge in [-0.15, -0.1) is 6.58 Å². The minimum atomic E-state index is -1.02. The van der Waals surface area contributed by atoms with E-state index in [2.05, 4.69) is 6.58 Å². The topological polar surface area (TPSA) is 63.4 Å². The van der Waals surface area contributed by atoms with Crippen molar-refractivity contribution in [2.45, 2.75) is 18.9 Å². The van der Waals surface area contributed by atoms with Gasteiger partial charge in [-0.3, -0.25) is 10.1 Å². The van der Waals surface area contributed by atoms with Crippen LogP contribution in [0.1, 0.15) is 18.9 Å². The average Bonchev–Trinajstić information content (AvgIpc) is 2.18. The van der Waals surface area contributed by atoms with Gasteiger partial charge in [0.05, 0.1) is 10.5 Å². The number of hydrogen-bond acceptors (Lipinski definition) is 3. The summed E-state index contributed by atoms with van der Waals surface area (Å²) in [6.07, 6.45) is 2.02. The lowest BCUT2D eigenvalue weighted by Crippen LogP contribution is -2.19. The van der Waals surface area contributed by atoms with E-state index < -0.39 is 10.5 Å². The fourth-order valence-electron chi connectivity index (χ4n) is 1.34. The first kappa shape index (κ1) is 11.4. The molecule has 1 aromatic carbocycles. The molecule has 4 heteroatoms. The van der Waals surface area contributed by atoms with Gasteiger partial charge in [-0.25, -0.2) is 0 Å². The van der Waals surface area contributed by atoms with E-state index in [1.165, 1.54) is 12.1 Å². The molecule has 1 aromatic rings. The van der Waals surface area contributed by atoms with E-state index in [1.807, 2.05) is 0 Å². The van der Waals surface area contributed by atoms with Crippen LogP contribution in [0.3, 0.4) is 0 Å². The zero-order chi connectivity index (χ0) is 11.5.